The van der Waals surface area contributed by atoms with E-state index in [9.17, 15) is 5.11 Å². The van der Waals surface area contributed by atoms with Gasteiger partial charge in [0.25, 0.3) is 0 Å². The van der Waals surface area contributed by atoms with Gasteiger partial charge in [0, 0.05) is 0 Å². The molecule has 0 aliphatic heterocycles. The number of rotatable bonds is 2. The van der Waals surface area contributed by atoms with Gasteiger partial charge in [0.15, 0.2) is 11.5 Å². The van der Waals surface area contributed by atoms with Crippen molar-refractivity contribution in [3.8, 4) is 17.2 Å². The first-order valence-corrected chi connectivity index (χ1v) is 5.91. The molecule has 0 saturated heterocycles. The third-order valence-electron chi connectivity index (χ3n) is 2.32. The molecule has 0 amide bonds. The van der Waals surface area contributed by atoms with Crippen LogP contribution < -0.4 is 4.74 Å². The van der Waals surface area contributed by atoms with Crippen molar-refractivity contribution in [1.29, 1.82) is 0 Å². The van der Waals surface area contributed by atoms with E-state index in [1.165, 1.54) is 7.11 Å². The van der Waals surface area contributed by atoms with E-state index in [-0.39, 0.29) is 5.75 Å². The maximum Gasteiger partial charge on any atom is 0.161 e. The summed E-state index contributed by atoms with van der Waals surface area (Å²) in [4.78, 5) is 0. The minimum atomic E-state index is 0.172. The standard InChI is InChI=1S/C10H12O2.C6H6O/c1-3-4-8-5-6-9(11)10(7-8)12-2;7-6-4-2-1-3-5-6/h3-7,11H,1-2H3;1-5,7H. The fraction of sp³-hybridized carbons (Fsp3) is 0.125. The van der Waals surface area contributed by atoms with Gasteiger partial charge in [0.05, 0.1) is 7.11 Å². The first kappa shape index (κ1) is 14.6. The van der Waals surface area contributed by atoms with Gasteiger partial charge in [-0.3, -0.25) is 0 Å². The number of aromatic hydroxyl groups is 2. The lowest BCUT2D eigenvalue weighted by atomic mass is 10.2. The lowest BCUT2D eigenvalue weighted by Gasteiger charge is -2.03. The third-order valence-corrected chi connectivity index (χ3v) is 2.32. The Hall–Kier alpha value is -2.42. The highest BCUT2D eigenvalue weighted by atomic mass is 16.5. The summed E-state index contributed by atoms with van der Waals surface area (Å²) in [6, 6.07) is 14.0. The molecule has 0 saturated carbocycles. The first-order valence-electron chi connectivity index (χ1n) is 5.91. The van der Waals surface area contributed by atoms with Crippen LogP contribution in [0.1, 0.15) is 12.5 Å². The molecule has 0 aliphatic rings. The zero-order chi connectivity index (χ0) is 14.1. The monoisotopic (exact) mass is 258 g/mol. The number of phenolic OH excluding ortho intramolecular Hbond substituents is 2. The van der Waals surface area contributed by atoms with Gasteiger partial charge in [-0.25, -0.2) is 0 Å². The number of ether oxygens (including phenoxy) is 1. The average Bonchev–Trinajstić information content (AvgIpc) is 2.43. The van der Waals surface area contributed by atoms with Crippen LogP contribution in [0.5, 0.6) is 17.2 Å². The fourth-order valence-corrected chi connectivity index (χ4v) is 1.42. The molecule has 0 heterocycles. The SMILES string of the molecule is CC=Cc1ccc(O)c(OC)c1.Oc1ccccc1. The molecule has 3 heteroatoms. The van der Waals surface area contributed by atoms with Crippen molar-refractivity contribution in [3.05, 3.63) is 60.2 Å². The van der Waals surface area contributed by atoms with Gasteiger partial charge in [0.2, 0.25) is 0 Å². The van der Waals surface area contributed by atoms with Gasteiger partial charge in [-0.1, -0.05) is 36.4 Å². The van der Waals surface area contributed by atoms with Gasteiger partial charge < -0.3 is 14.9 Å². The normalized spacial score (nSPS) is 9.79. The Morgan fingerprint density at radius 1 is 1.00 bits per heavy atom. The lowest BCUT2D eigenvalue weighted by Crippen LogP contribution is -1.83. The van der Waals surface area contributed by atoms with Crippen LogP contribution in [0, 0.1) is 0 Å². The van der Waals surface area contributed by atoms with E-state index in [2.05, 4.69) is 0 Å². The summed E-state index contributed by atoms with van der Waals surface area (Å²) >= 11 is 0. The van der Waals surface area contributed by atoms with Crippen molar-refractivity contribution < 1.29 is 14.9 Å². The van der Waals surface area contributed by atoms with E-state index < -0.39 is 0 Å². The predicted molar refractivity (Wildman–Crippen MR) is 77.5 cm³/mol. The molecule has 0 unspecified atom stereocenters. The number of para-hydroxylation sites is 1. The molecule has 0 radical (unpaired) electrons. The van der Waals surface area contributed by atoms with Crippen molar-refractivity contribution in [1.82, 2.24) is 0 Å². The fourth-order valence-electron chi connectivity index (χ4n) is 1.42. The summed E-state index contributed by atoms with van der Waals surface area (Å²) < 4.78 is 4.95. The highest BCUT2D eigenvalue weighted by molar-refractivity contribution is 5.55. The Morgan fingerprint density at radius 3 is 2.16 bits per heavy atom. The smallest absolute Gasteiger partial charge is 0.161 e. The summed E-state index contributed by atoms with van der Waals surface area (Å²) in [5.74, 6) is 0.999. The predicted octanol–water partition coefficient (Wildman–Crippen LogP) is 3.83. The molecule has 2 rings (SSSR count). The number of methoxy groups -OCH3 is 1. The summed E-state index contributed by atoms with van der Waals surface area (Å²) in [5.41, 5.74) is 1.02. The molecule has 0 fully saturated rings. The molecule has 2 N–H and O–H groups in total. The van der Waals surface area contributed by atoms with Crippen molar-refractivity contribution in [3.63, 3.8) is 0 Å². The molecule has 0 bridgehead atoms. The Balaban J connectivity index is 0.000000218. The molecule has 2 aromatic rings. The van der Waals surface area contributed by atoms with Gasteiger partial charge in [-0.05, 0) is 36.8 Å². The topological polar surface area (TPSA) is 49.7 Å². The van der Waals surface area contributed by atoms with Gasteiger partial charge >= 0.3 is 0 Å². The zero-order valence-corrected chi connectivity index (χ0v) is 11.1. The van der Waals surface area contributed by atoms with Gasteiger partial charge in [0.1, 0.15) is 5.75 Å². The molecule has 2 aromatic carbocycles. The molecule has 0 aliphatic carbocycles. The van der Waals surface area contributed by atoms with Crippen LogP contribution in [-0.4, -0.2) is 17.3 Å². The second-order valence-corrected chi connectivity index (χ2v) is 3.77. The Morgan fingerprint density at radius 2 is 1.68 bits per heavy atom. The van der Waals surface area contributed by atoms with E-state index in [4.69, 9.17) is 9.84 Å². The number of benzene rings is 2. The van der Waals surface area contributed by atoms with E-state index in [1.807, 2.05) is 31.2 Å². The molecule has 19 heavy (non-hydrogen) atoms. The maximum atomic E-state index is 9.25. The average molecular weight is 258 g/mol. The molecule has 0 spiro atoms. The Labute approximate surface area is 113 Å². The summed E-state index contributed by atoms with van der Waals surface area (Å²) in [5, 5.41) is 17.9. The Kier molecular flexibility index (Phi) is 6.03. The molecule has 3 nitrogen and oxygen atoms in total. The Bertz CT molecular complexity index is 519. The molecule has 0 atom stereocenters. The van der Waals surface area contributed by atoms with Crippen LogP contribution in [-0.2, 0) is 0 Å². The molecular formula is C16H18O3. The minimum absolute atomic E-state index is 0.172. The minimum Gasteiger partial charge on any atom is -0.508 e. The van der Waals surface area contributed by atoms with Crippen molar-refractivity contribution >= 4 is 6.08 Å². The first-order chi connectivity index (χ1) is 9.17. The summed E-state index contributed by atoms with van der Waals surface area (Å²) in [7, 11) is 1.54. The van der Waals surface area contributed by atoms with E-state index in [0.29, 0.717) is 11.5 Å². The van der Waals surface area contributed by atoms with Crippen LogP contribution in [0.2, 0.25) is 0 Å². The number of hydrogen-bond acceptors (Lipinski definition) is 3. The lowest BCUT2D eigenvalue weighted by molar-refractivity contribution is 0.373. The second kappa shape index (κ2) is 7.82. The number of hydrogen-bond donors (Lipinski definition) is 2. The largest absolute Gasteiger partial charge is 0.508 e. The van der Waals surface area contributed by atoms with Crippen molar-refractivity contribution in [2.75, 3.05) is 7.11 Å². The third kappa shape index (κ3) is 5.17. The molecular weight excluding hydrogens is 240 g/mol. The van der Waals surface area contributed by atoms with E-state index in [0.717, 1.165) is 5.56 Å². The number of allylic oxidation sites excluding steroid dienone is 1. The summed E-state index contributed by atoms with van der Waals surface area (Å²) in [6.45, 7) is 1.94. The van der Waals surface area contributed by atoms with Gasteiger partial charge in [-0.2, -0.15) is 0 Å². The molecule has 0 aromatic heterocycles. The van der Waals surface area contributed by atoms with Crippen LogP contribution in [0.3, 0.4) is 0 Å². The van der Waals surface area contributed by atoms with Crippen molar-refractivity contribution in [2.45, 2.75) is 6.92 Å². The van der Waals surface area contributed by atoms with Crippen LogP contribution in [0.15, 0.2) is 54.6 Å². The zero-order valence-electron chi connectivity index (χ0n) is 11.1. The highest BCUT2D eigenvalue weighted by Gasteiger charge is 1.99. The van der Waals surface area contributed by atoms with E-state index >= 15 is 0 Å². The van der Waals surface area contributed by atoms with Gasteiger partial charge in [-0.15, -0.1) is 0 Å². The van der Waals surface area contributed by atoms with E-state index in [1.54, 1.807) is 36.4 Å². The summed E-state index contributed by atoms with van der Waals surface area (Å²) in [6.07, 6.45) is 3.88. The highest BCUT2D eigenvalue weighted by Crippen LogP contribution is 2.26. The number of phenols is 2. The molecule has 100 valence electrons. The quantitative estimate of drug-likeness (QED) is 0.860. The van der Waals surface area contributed by atoms with Crippen molar-refractivity contribution in [2.24, 2.45) is 0 Å². The van der Waals surface area contributed by atoms with Crippen LogP contribution in [0.25, 0.3) is 6.08 Å². The van der Waals surface area contributed by atoms with Crippen LogP contribution >= 0.6 is 0 Å². The maximum absolute atomic E-state index is 9.25. The van der Waals surface area contributed by atoms with Crippen LogP contribution in [0.4, 0.5) is 0 Å². The second-order valence-electron chi connectivity index (χ2n) is 3.77.